The molecule has 0 saturated carbocycles. The number of hydrogen-bond acceptors (Lipinski definition) is 2. The number of benzene rings is 1. The van der Waals surface area contributed by atoms with Crippen molar-refractivity contribution in [2.24, 2.45) is 0 Å². The second-order valence-electron chi connectivity index (χ2n) is 3.39. The van der Waals surface area contributed by atoms with Crippen LogP contribution in [0.1, 0.15) is 19.4 Å². The van der Waals surface area contributed by atoms with Crippen LogP contribution in [0.2, 0.25) is 5.02 Å². The fourth-order valence-corrected chi connectivity index (χ4v) is 2.63. The van der Waals surface area contributed by atoms with Gasteiger partial charge in [0.2, 0.25) is 4.45 Å². The lowest BCUT2D eigenvalue weighted by molar-refractivity contribution is 0.276. The first-order valence-electron chi connectivity index (χ1n) is 4.10. The summed E-state index contributed by atoms with van der Waals surface area (Å²) < 4.78 is -0.436. The minimum Gasteiger partial charge on any atom is -0.275 e. The highest BCUT2D eigenvalue weighted by Crippen LogP contribution is 2.37. The van der Waals surface area contributed by atoms with Crippen molar-refractivity contribution in [3.8, 4) is 0 Å². The summed E-state index contributed by atoms with van der Waals surface area (Å²) in [6.07, 6.45) is 0. The highest BCUT2D eigenvalue weighted by atomic mass is 35.5. The number of thiol groups is 1. The lowest BCUT2D eigenvalue weighted by atomic mass is 10.0. The predicted octanol–water partition coefficient (Wildman–Crippen LogP) is 4.36. The number of carbonyl (C=O) groups is 1. The maximum atomic E-state index is 10.9. The van der Waals surface area contributed by atoms with Gasteiger partial charge in [-0.05, 0) is 31.5 Å². The third-order valence-electron chi connectivity index (χ3n) is 1.88. The van der Waals surface area contributed by atoms with Crippen molar-refractivity contribution in [1.29, 1.82) is 0 Å². The van der Waals surface area contributed by atoms with Crippen molar-refractivity contribution in [2.45, 2.75) is 18.6 Å². The van der Waals surface area contributed by atoms with Crippen LogP contribution in [0.4, 0.5) is 4.79 Å². The second-order valence-corrected chi connectivity index (χ2v) is 6.13. The molecule has 0 fully saturated rings. The smallest absolute Gasteiger partial charge is 0.243 e. The molecule has 1 aromatic carbocycles. The standard InChI is InChI=1S/C10H11ClOS2/c1-10(2,14-9(12)13)7-3-5-8(11)6-4-7/h3-6H,1-2H3,(H,12,13). The number of halogens is 1. The van der Waals surface area contributed by atoms with E-state index in [9.17, 15) is 4.79 Å². The fourth-order valence-electron chi connectivity index (χ4n) is 1.13. The molecule has 0 atom stereocenters. The Morgan fingerprint density at radius 1 is 1.36 bits per heavy atom. The quantitative estimate of drug-likeness (QED) is 0.781. The van der Waals surface area contributed by atoms with Crippen molar-refractivity contribution >= 4 is 40.4 Å². The van der Waals surface area contributed by atoms with E-state index in [0.29, 0.717) is 5.02 Å². The van der Waals surface area contributed by atoms with Gasteiger partial charge in [0, 0.05) is 9.77 Å². The van der Waals surface area contributed by atoms with E-state index in [2.05, 4.69) is 12.6 Å². The molecule has 0 bridgehead atoms. The summed E-state index contributed by atoms with van der Waals surface area (Å²) in [5.74, 6) is 0. The molecular formula is C10H11ClOS2. The maximum Gasteiger partial charge on any atom is 0.243 e. The van der Waals surface area contributed by atoms with Gasteiger partial charge in [-0.1, -0.05) is 48.1 Å². The fraction of sp³-hybridized carbons (Fsp3) is 0.300. The van der Waals surface area contributed by atoms with Crippen LogP contribution in [0.5, 0.6) is 0 Å². The Morgan fingerprint density at radius 3 is 2.29 bits per heavy atom. The van der Waals surface area contributed by atoms with E-state index >= 15 is 0 Å². The molecule has 1 rings (SSSR count). The van der Waals surface area contributed by atoms with E-state index < -0.39 is 0 Å². The largest absolute Gasteiger partial charge is 0.275 e. The van der Waals surface area contributed by atoms with Crippen LogP contribution >= 0.6 is 36.0 Å². The average molecular weight is 247 g/mol. The monoisotopic (exact) mass is 246 g/mol. The topological polar surface area (TPSA) is 17.1 Å². The lowest BCUT2D eigenvalue weighted by Gasteiger charge is -2.22. The van der Waals surface area contributed by atoms with Gasteiger partial charge in [0.15, 0.2) is 0 Å². The van der Waals surface area contributed by atoms with Gasteiger partial charge in [0.05, 0.1) is 0 Å². The Labute approximate surface area is 98.6 Å². The van der Waals surface area contributed by atoms with Crippen molar-refractivity contribution < 1.29 is 4.79 Å². The third-order valence-corrected chi connectivity index (χ3v) is 3.33. The summed E-state index contributed by atoms with van der Waals surface area (Å²) in [6, 6.07) is 7.49. The molecule has 0 amide bonds. The van der Waals surface area contributed by atoms with Crippen LogP contribution in [0.25, 0.3) is 0 Å². The highest BCUT2D eigenvalue weighted by molar-refractivity contribution is 8.32. The van der Waals surface area contributed by atoms with Gasteiger partial charge in [-0.15, -0.1) is 0 Å². The van der Waals surface area contributed by atoms with Gasteiger partial charge in [-0.25, -0.2) is 0 Å². The molecule has 1 aromatic rings. The van der Waals surface area contributed by atoms with Gasteiger partial charge >= 0.3 is 0 Å². The first-order valence-corrected chi connectivity index (χ1v) is 5.74. The zero-order chi connectivity index (χ0) is 10.8. The van der Waals surface area contributed by atoms with Crippen LogP contribution in [-0.2, 0) is 4.75 Å². The molecule has 14 heavy (non-hydrogen) atoms. The van der Waals surface area contributed by atoms with E-state index in [1.807, 2.05) is 38.1 Å². The number of rotatable bonds is 2. The molecule has 0 unspecified atom stereocenters. The third kappa shape index (κ3) is 3.23. The van der Waals surface area contributed by atoms with Crippen molar-refractivity contribution in [2.75, 3.05) is 0 Å². The van der Waals surface area contributed by atoms with Crippen LogP contribution in [0, 0.1) is 0 Å². The van der Waals surface area contributed by atoms with Gasteiger partial charge in [-0.3, -0.25) is 4.79 Å². The summed E-state index contributed by atoms with van der Waals surface area (Å²) in [5, 5.41) is 0.701. The summed E-state index contributed by atoms with van der Waals surface area (Å²) in [4.78, 5) is 10.9. The van der Waals surface area contributed by atoms with Crippen LogP contribution in [0.3, 0.4) is 0 Å². The van der Waals surface area contributed by atoms with E-state index in [1.54, 1.807) is 0 Å². The maximum absolute atomic E-state index is 10.9. The summed E-state index contributed by atoms with van der Waals surface area (Å²) >= 11 is 10.7. The minimum atomic E-state index is -0.260. The van der Waals surface area contributed by atoms with E-state index in [1.165, 1.54) is 11.8 Å². The predicted molar refractivity (Wildman–Crippen MR) is 66.5 cm³/mol. The number of hydrogen-bond donors (Lipinski definition) is 1. The molecular weight excluding hydrogens is 236 g/mol. The first-order chi connectivity index (χ1) is 6.42. The summed E-state index contributed by atoms with van der Waals surface area (Å²) in [7, 11) is 0. The Morgan fingerprint density at radius 2 is 1.86 bits per heavy atom. The molecule has 0 saturated heterocycles. The van der Waals surface area contributed by atoms with Gasteiger partial charge in [-0.2, -0.15) is 0 Å². The molecule has 1 nitrogen and oxygen atoms in total. The van der Waals surface area contributed by atoms with Crippen LogP contribution in [-0.4, -0.2) is 4.45 Å². The van der Waals surface area contributed by atoms with E-state index in [4.69, 9.17) is 11.6 Å². The van der Waals surface area contributed by atoms with Crippen molar-refractivity contribution in [1.82, 2.24) is 0 Å². The Bertz CT molecular complexity index is 332. The van der Waals surface area contributed by atoms with Crippen LogP contribution < -0.4 is 0 Å². The van der Waals surface area contributed by atoms with Gasteiger partial charge in [0.1, 0.15) is 0 Å². The van der Waals surface area contributed by atoms with E-state index in [0.717, 1.165) is 5.56 Å². The molecule has 0 aliphatic heterocycles. The van der Waals surface area contributed by atoms with E-state index in [-0.39, 0.29) is 9.19 Å². The first kappa shape index (κ1) is 12.0. The van der Waals surface area contributed by atoms with Gasteiger partial charge < -0.3 is 0 Å². The van der Waals surface area contributed by atoms with Crippen molar-refractivity contribution in [3.05, 3.63) is 34.9 Å². The molecule has 0 N–H and O–H groups in total. The summed E-state index contributed by atoms with van der Waals surface area (Å²) in [5.41, 5.74) is 1.06. The lowest BCUT2D eigenvalue weighted by Crippen LogP contribution is -2.12. The number of thioether (sulfide) groups is 1. The second kappa shape index (κ2) is 4.60. The van der Waals surface area contributed by atoms with Crippen LogP contribution in [0.15, 0.2) is 24.3 Å². The zero-order valence-electron chi connectivity index (χ0n) is 7.95. The SMILES string of the molecule is CC(C)(SC(=O)S)c1ccc(Cl)cc1. The molecule has 76 valence electrons. The highest BCUT2D eigenvalue weighted by Gasteiger charge is 2.23. The average Bonchev–Trinajstić information content (AvgIpc) is 2.02. The molecule has 0 spiro atoms. The normalized spacial score (nSPS) is 11.4. The summed E-state index contributed by atoms with van der Waals surface area (Å²) in [6.45, 7) is 3.96. The molecule has 0 radical (unpaired) electrons. The number of carbonyl (C=O) groups excluding carboxylic acids is 1. The Balaban J connectivity index is 2.91. The molecule has 4 heteroatoms. The Hall–Kier alpha value is -0.120. The minimum absolute atomic E-state index is 0.176. The molecule has 0 aliphatic carbocycles. The zero-order valence-corrected chi connectivity index (χ0v) is 10.4. The molecule has 0 aromatic heterocycles. The van der Waals surface area contributed by atoms with Gasteiger partial charge in [0.25, 0.3) is 0 Å². The Kier molecular flexibility index (Phi) is 3.93. The van der Waals surface area contributed by atoms with Crippen molar-refractivity contribution in [3.63, 3.8) is 0 Å². The molecule has 0 heterocycles. The molecule has 0 aliphatic rings.